The number of nitriles is 1. The molecule has 10 heteroatoms. The highest BCUT2D eigenvalue weighted by Crippen LogP contribution is 2.45. The molecular formula is C27H34ClN7OSi. The fourth-order valence-electron chi connectivity index (χ4n) is 5.03. The smallest absolute Gasteiger partial charge is 0.145 e. The van der Waals surface area contributed by atoms with Crippen molar-refractivity contribution in [2.75, 3.05) is 17.7 Å². The van der Waals surface area contributed by atoms with Gasteiger partial charge in [0, 0.05) is 45.1 Å². The number of ether oxygens (including phenoxy) is 1. The lowest BCUT2D eigenvalue weighted by Gasteiger charge is -2.35. The molecule has 1 aliphatic rings. The minimum absolute atomic E-state index is 0.259. The molecule has 8 nitrogen and oxygen atoms in total. The molecule has 3 aromatic heterocycles. The molecule has 0 spiro atoms. The van der Waals surface area contributed by atoms with Crippen molar-refractivity contribution in [1.82, 2.24) is 19.3 Å². The Balaban J connectivity index is 1.58. The number of nitrogen functional groups attached to an aromatic ring is 1. The Kier molecular flexibility index (Phi) is 6.92. The van der Waals surface area contributed by atoms with Gasteiger partial charge in [0.2, 0.25) is 0 Å². The number of aryl methyl sites for hydroxylation is 1. The molecular weight excluding hydrogens is 502 g/mol. The predicted molar refractivity (Wildman–Crippen MR) is 153 cm³/mol. The van der Waals surface area contributed by atoms with Crippen molar-refractivity contribution in [2.45, 2.75) is 57.7 Å². The largest absolute Gasteiger partial charge is 0.396 e. The Morgan fingerprint density at radius 3 is 2.78 bits per heavy atom. The first-order chi connectivity index (χ1) is 17.7. The van der Waals surface area contributed by atoms with Gasteiger partial charge in [0.15, 0.2) is 0 Å². The average Bonchev–Trinajstić information content (AvgIpc) is 3.32. The van der Waals surface area contributed by atoms with Crippen LogP contribution in [-0.2, 0) is 18.5 Å². The maximum absolute atomic E-state index is 9.04. The van der Waals surface area contributed by atoms with E-state index in [2.05, 4.69) is 54.3 Å². The van der Waals surface area contributed by atoms with E-state index < -0.39 is 8.07 Å². The fourth-order valence-corrected chi connectivity index (χ4v) is 6.12. The number of pyridine rings is 1. The molecule has 0 amide bonds. The highest BCUT2D eigenvalue weighted by Gasteiger charge is 2.31. The van der Waals surface area contributed by atoms with Gasteiger partial charge in [0.25, 0.3) is 0 Å². The number of anilines is 2. The minimum Gasteiger partial charge on any atom is -0.396 e. The van der Waals surface area contributed by atoms with Gasteiger partial charge in [-0.3, -0.25) is 9.25 Å². The van der Waals surface area contributed by atoms with E-state index in [0.29, 0.717) is 36.5 Å². The van der Waals surface area contributed by atoms with Gasteiger partial charge < -0.3 is 15.8 Å². The molecule has 0 atom stereocenters. The van der Waals surface area contributed by atoms with Crippen molar-refractivity contribution in [3.63, 3.8) is 0 Å². The summed E-state index contributed by atoms with van der Waals surface area (Å²) in [6.45, 7) is 8.02. The highest BCUT2D eigenvalue weighted by atomic mass is 35.5. The number of nitrogens with zero attached hydrogens (tertiary/aromatic N) is 5. The van der Waals surface area contributed by atoms with Crippen molar-refractivity contribution in [3.05, 3.63) is 35.7 Å². The van der Waals surface area contributed by atoms with Crippen LogP contribution in [0.15, 0.2) is 30.6 Å². The number of hydrogen-bond acceptors (Lipinski definition) is 6. The van der Waals surface area contributed by atoms with Crippen molar-refractivity contribution in [1.29, 1.82) is 5.26 Å². The maximum Gasteiger partial charge on any atom is 0.145 e. The second-order valence-corrected chi connectivity index (χ2v) is 17.3. The minimum atomic E-state index is -1.22. The van der Waals surface area contributed by atoms with Crippen molar-refractivity contribution in [2.24, 2.45) is 13.0 Å². The molecule has 5 rings (SSSR count). The first-order valence-corrected chi connectivity index (χ1v) is 16.8. The fraction of sp³-hybridized carbons (Fsp3) is 0.444. The third-order valence-electron chi connectivity index (χ3n) is 7.25. The summed E-state index contributed by atoms with van der Waals surface area (Å²) in [7, 11) is 0.718. The van der Waals surface area contributed by atoms with Crippen LogP contribution < -0.4 is 11.1 Å². The molecule has 1 aliphatic carbocycles. The summed E-state index contributed by atoms with van der Waals surface area (Å²) in [6.07, 6.45) is 6.04. The van der Waals surface area contributed by atoms with Crippen molar-refractivity contribution in [3.8, 4) is 17.2 Å². The van der Waals surface area contributed by atoms with E-state index in [4.69, 9.17) is 32.3 Å². The van der Waals surface area contributed by atoms with Crippen LogP contribution in [0.25, 0.3) is 33.1 Å². The van der Waals surface area contributed by atoms with Crippen molar-refractivity contribution >= 4 is 53.0 Å². The monoisotopic (exact) mass is 535 g/mol. The van der Waals surface area contributed by atoms with E-state index in [-0.39, 0.29) is 6.04 Å². The molecule has 194 valence electrons. The van der Waals surface area contributed by atoms with E-state index in [1.54, 1.807) is 6.20 Å². The molecule has 0 bridgehead atoms. The Hall–Kier alpha value is -3.06. The molecule has 0 aliphatic heterocycles. The predicted octanol–water partition coefficient (Wildman–Crippen LogP) is 6.24. The van der Waals surface area contributed by atoms with Crippen LogP contribution >= 0.6 is 11.6 Å². The summed E-state index contributed by atoms with van der Waals surface area (Å²) >= 11 is 7.11. The van der Waals surface area contributed by atoms with Crippen LogP contribution in [0.1, 0.15) is 19.3 Å². The zero-order chi connectivity index (χ0) is 26.3. The zero-order valence-electron chi connectivity index (χ0n) is 21.9. The van der Waals surface area contributed by atoms with E-state index in [0.717, 1.165) is 57.6 Å². The SMILES string of the molecule is Cn1ncc2cc(-c3c(Cl)n(COCC[Si](C)(C)C)c4ncc(N)c(N[C@H]5C[C@@H](CC#N)C5)c34)ccc21. The van der Waals surface area contributed by atoms with Crippen LogP contribution in [0.5, 0.6) is 0 Å². The molecule has 1 saturated carbocycles. The van der Waals surface area contributed by atoms with Gasteiger partial charge >= 0.3 is 0 Å². The summed E-state index contributed by atoms with van der Waals surface area (Å²) in [5.41, 5.74) is 11.6. The molecule has 1 aromatic carbocycles. The van der Waals surface area contributed by atoms with Gasteiger partial charge in [-0.15, -0.1) is 0 Å². The molecule has 1 fully saturated rings. The Labute approximate surface area is 223 Å². The van der Waals surface area contributed by atoms with E-state index in [1.807, 2.05) is 22.5 Å². The average molecular weight is 536 g/mol. The molecule has 0 unspecified atom stereocenters. The van der Waals surface area contributed by atoms with E-state index >= 15 is 0 Å². The number of aromatic nitrogens is 4. The molecule has 3 N–H and O–H groups in total. The lowest BCUT2D eigenvalue weighted by molar-refractivity contribution is 0.0901. The van der Waals surface area contributed by atoms with Gasteiger partial charge in [-0.25, -0.2) is 4.98 Å². The van der Waals surface area contributed by atoms with Crippen molar-refractivity contribution < 1.29 is 4.74 Å². The highest BCUT2D eigenvalue weighted by molar-refractivity contribution is 6.76. The van der Waals surface area contributed by atoms with Crippen LogP contribution in [-0.4, -0.2) is 40.1 Å². The lowest BCUT2D eigenvalue weighted by atomic mass is 9.78. The molecule has 37 heavy (non-hydrogen) atoms. The second kappa shape index (κ2) is 10.0. The number of hydrogen-bond donors (Lipinski definition) is 2. The van der Waals surface area contributed by atoms with Crippen LogP contribution in [0.2, 0.25) is 30.8 Å². The first kappa shape index (κ1) is 25.6. The Bertz CT molecular complexity index is 1490. The zero-order valence-corrected chi connectivity index (χ0v) is 23.6. The molecule has 0 radical (unpaired) electrons. The van der Waals surface area contributed by atoms with Gasteiger partial charge in [0.1, 0.15) is 17.5 Å². The van der Waals surface area contributed by atoms with Crippen LogP contribution in [0.4, 0.5) is 11.4 Å². The van der Waals surface area contributed by atoms with E-state index in [9.17, 15) is 0 Å². The summed E-state index contributed by atoms with van der Waals surface area (Å²) < 4.78 is 9.91. The first-order valence-electron chi connectivity index (χ1n) is 12.8. The van der Waals surface area contributed by atoms with Gasteiger partial charge in [-0.1, -0.05) is 37.3 Å². The number of rotatable bonds is 9. The maximum atomic E-state index is 9.04. The number of nitrogens with two attached hydrogens (primary N) is 1. The molecule has 3 heterocycles. The third-order valence-corrected chi connectivity index (χ3v) is 9.35. The Morgan fingerprint density at radius 2 is 2.05 bits per heavy atom. The van der Waals surface area contributed by atoms with Crippen LogP contribution in [0, 0.1) is 17.2 Å². The topological polar surface area (TPSA) is 107 Å². The summed E-state index contributed by atoms with van der Waals surface area (Å²) in [4.78, 5) is 4.72. The van der Waals surface area contributed by atoms with Crippen LogP contribution in [0.3, 0.4) is 0 Å². The lowest BCUT2D eigenvalue weighted by Crippen LogP contribution is -2.35. The number of benzene rings is 1. The summed E-state index contributed by atoms with van der Waals surface area (Å²) in [5, 5.41) is 19.6. The van der Waals surface area contributed by atoms with E-state index in [1.165, 1.54) is 0 Å². The van der Waals surface area contributed by atoms with Gasteiger partial charge in [-0.05, 0) is 42.5 Å². The van der Waals surface area contributed by atoms with Gasteiger partial charge in [-0.2, -0.15) is 10.4 Å². The number of nitrogens with one attached hydrogen (secondary N) is 1. The number of halogens is 1. The summed E-state index contributed by atoms with van der Waals surface area (Å²) in [5.74, 6) is 0.432. The van der Waals surface area contributed by atoms with Gasteiger partial charge in [0.05, 0.1) is 40.7 Å². The second-order valence-electron chi connectivity index (χ2n) is 11.3. The Morgan fingerprint density at radius 1 is 1.27 bits per heavy atom. The number of fused-ring (bicyclic) bond motifs is 2. The molecule has 4 aromatic rings. The quantitative estimate of drug-likeness (QED) is 0.194. The summed E-state index contributed by atoms with van der Waals surface area (Å²) in [6, 6.07) is 9.86. The normalized spacial score (nSPS) is 17.7. The molecule has 0 saturated heterocycles. The third kappa shape index (κ3) is 5.06. The standard InChI is InChI=1S/C27H34ClN7OSi/c1-34-22-6-5-18(13-19(22)14-32-34)23-24-25(33-20-11-17(12-20)7-8-29)21(30)15-31-27(24)35(26(23)28)16-36-9-10-37(2,3)4/h5-6,13-15,17,20H,7,9-12,16,30H2,1-4H3,(H,31,33)/t17-,20+.